The van der Waals surface area contributed by atoms with Crippen molar-refractivity contribution in [3.05, 3.63) is 18.1 Å². The van der Waals surface area contributed by atoms with Crippen molar-refractivity contribution in [1.82, 2.24) is 15.3 Å². The molecule has 4 heteroatoms. The van der Waals surface area contributed by atoms with Gasteiger partial charge in [0.25, 0.3) is 0 Å². The van der Waals surface area contributed by atoms with Crippen molar-refractivity contribution in [2.45, 2.75) is 40.2 Å². The summed E-state index contributed by atoms with van der Waals surface area (Å²) >= 11 is 0. The highest BCUT2D eigenvalue weighted by Gasteiger charge is 2.22. The third kappa shape index (κ3) is 3.90. The standard InChI is InChI=1S/C15H26N4/c1-4-16-9-14-10-17-11-15(18-14)19-7-5-13(6-8-19)12(2)3/h10-13,16H,4-9H2,1-3H3. The Kier molecular flexibility index (Phi) is 5.14. The molecule has 1 N–H and O–H groups in total. The van der Waals surface area contributed by atoms with Crippen molar-refractivity contribution >= 4 is 5.82 Å². The molecule has 1 aromatic heterocycles. The molecule has 1 saturated heterocycles. The predicted molar refractivity (Wildman–Crippen MR) is 79.2 cm³/mol. The fraction of sp³-hybridized carbons (Fsp3) is 0.733. The topological polar surface area (TPSA) is 41.1 Å². The number of hydrogen-bond donors (Lipinski definition) is 1. The van der Waals surface area contributed by atoms with E-state index in [2.05, 4.69) is 36.0 Å². The van der Waals surface area contributed by atoms with Gasteiger partial charge in [-0.1, -0.05) is 20.8 Å². The van der Waals surface area contributed by atoms with Gasteiger partial charge in [-0.15, -0.1) is 0 Å². The summed E-state index contributed by atoms with van der Waals surface area (Å²) in [5.41, 5.74) is 1.03. The van der Waals surface area contributed by atoms with Gasteiger partial charge in [-0.05, 0) is 31.2 Å². The number of hydrogen-bond acceptors (Lipinski definition) is 4. The van der Waals surface area contributed by atoms with E-state index in [1.165, 1.54) is 12.8 Å². The molecule has 0 bridgehead atoms. The number of piperidine rings is 1. The molecule has 0 atom stereocenters. The minimum atomic E-state index is 0.799. The van der Waals surface area contributed by atoms with E-state index in [4.69, 9.17) is 4.98 Å². The highest BCUT2D eigenvalue weighted by molar-refractivity contribution is 5.36. The summed E-state index contributed by atoms with van der Waals surface area (Å²) in [7, 11) is 0. The van der Waals surface area contributed by atoms with Crippen LogP contribution >= 0.6 is 0 Å². The highest BCUT2D eigenvalue weighted by atomic mass is 15.2. The first kappa shape index (κ1) is 14.3. The second kappa shape index (κ2) is 6.85. The molecule has 0 aromatic carbocycles. The first-order valence-electron chi connectivity index (χ1n) is 7.47. The van der Waals surface area contributed by atoms with Crippen LogP contribution in [-0.4, -0.2) is 29.6 Å². The molecule has 0 amide bonds. The minimum Gasteiger partial charge on any atom is -0.355 e. The molecular formula is C15H26N4. The zero-order chi connectivity index (χ0) is 13.7. The van der Waals surface area contributed by atoms with Crippen LogP contribution in [0.1, 0.15) is 39.3 Å². The van der Waals surface area contributed by atoms with E-state index < -0.39 is 0 Å². The largest absolute Gasteiger partial charge is 0.355 e. The molecule has 106 valence electrons. The molecule has 2 heterocycles. The van der Waals surface area contributed by atoms with Gasteiger partial charge in [0.2, 0.25) is 0 Å². The Labute approximate surface area is 116 Å². The lowest BCUT2D eigenvalue weighted by Crippen LogP contribution is -2.36. The predicted octanol–water partition coefficient (Wildman–Crippen LogP) is 2.46. The Morgan fingerprint density at radius 3 is 2.68 bits per heavy atom. The summed E-state index contributed by atoms with van der Waals surface area (Å²) in [6.45, 7) is 10.8. The van der Waals surface area contributed by atoms with Crippen molar-refractivity contribution in [2.75, 3.05) is 24.5 Å². The lowest BCUT2D eigenvalue weighted by atomic mass is 9.87. The first-order chi connectivity index (χ1) is 9.20. The fourth-order valence-corrected chi connectivity index (χ4v) is 2.68. The van der Waals surface area contributed by atoms with Crippen molar-refractivity contribution in [3.63, 3.8) is 0 Å². The van der Waals surface area contributed by atoms with Gasteiger partial charge in [0.1, 0.15) is 5.82 Å². The van der Waals surface area contributed by atoms with E-state index in [0.29, 0.717) is 0 Å². The molecule has 2 rings (SSSR count). The average Bonchev–Trinajstić information content (AvgIpc) is 2.45. The van der Waals surface area contributed by atoms with E-state index in [1.54, 1.807) is 0 Å². The van der Waals surface area contributed by atoms with Crippen molar-refractivity contribution in [1.29, 1.82) is 0 Å². The van der Waals surface area contributed by atoms with Crippen molar-refractivity contribution in [3.8, 4) is 0 Å². The first-order valence-corrected chi connectivity index (χ1v) is 7.47. The summed E-state index contributed by atoms with van der Waals surface area (Å²) in [5.74, 6) is 2.71. The van der Waals surface area contributed by atoms with Gasteiger partial charge in [0, 0.05) is 25.8 Å². The van der Waals surface area contributed by atoms with E-state index in [9.17, 15) is 0 Å². The Balaban J connectivity index is 1.95. The Morgan fingerprint density at radius 1 is 1.32 bits per heavy atom. The Morgan fingerprint density at radius 2 is 2.05 bits per heavy atom. The molecule has 1 aliphatic heterocycles. The summed E-state index contributed by atoms with van der Waals surface area (Å²) in [6.07, 6.45) is 6.30. The molecule has 4 nitrogen and oxygen atoms in total. The molecule has 0 saturated carbocycles. The van der Waals surface area contributed by atoms with Crippen LogP contribution < -0.4 is 10.2 Å². The number of anilines is 1. The van der Waals surface area contributed by atoms with Gasteiger partial charge >= 0.3 is 0 Å². The monoisotopic (exact) mass is 262 g/mol. The van der Waals surface area contributed by atoms with Crippen molar-refractivity contribution in [2.24, 2.45) is 11.8 Å². The van der Waals surface area contributed by atoms with Crippen LogP contribution in [0, 0.1) is 11.8 Å². The number of aromatic nitrogens is 2. The number of nitrogens with one attached hydrogen (secondary N) is 1. The third-order valence-electron chi connectivity index (χ3n) is 4.03. The molecule has 1 fully saturated rings. The van der Waals surface area contributed by atoms with Crippen LogP contribution in [0.25, 0.3) is 0 Å². The lowest BCUT2D eigenvalue weighted by Gasteiger charge is -2.34. The summed E-state index contributed by atoms with van der Waals surface area (Å²) < 4.78 is 0. The second-order valence-electron chi connectivity index (χ2n) is 5.72. The summed E-state index contributed by atoms with van der Waals surface area (Å²) in [4.78, 5) is 11.4. The van der Waals surface area contributed by atoms with Crippen LogP contribution in [0.5, 0.6) is 0 Å². The maximum atomic E-state index is 4.70. The quantitative estimate of drug-likeness (QED) is 0.885. The normalized spacial score (nSPS) is 17.2. The van der Waals surface area contributed by atoms with Crippen LogP contribution in [0.15, 0.2) is 12.4 Å². The third-order valence-corrected chi connectivity index (χ3v) is 4.03. The average molecular weight is 262 g/mol. The molecule has 1 aliphatic rings. The molecule has 0 unspecified atom stereocenters. The van der Waals surface area contributed by atoms with Gasteiger partial charge in [-0.25, -0.2) is 4.98 Å². The molecule has 0 spiro atoms. The van der Waals surface area contributed by atoms with Gasteiger partial charge in [-0.3, -0.25) is 4.98 Å². The summed E-state index contributed by atoms with van der Waals surface area (Å²) in [6, 6.07) is 0. The molecular weight excluding hydrogens is 236 g/mol. The van der Waals surface area contributed by atoms with Crippen LogP contribution in [0.4, 0.5) is 5.82 Å². The Hall–Kier alpha value is -1.16. The van der Waals surface area contributed by atoms with E-state index in [1.807, 2.05) is 12.4 Å². The van der Waals surface area contributed by atoms with Gasteiger partial charge in [0.15, 0.2) is 0 Å². The zero-order valence-electron chi connectivity index (χ0n) is 12.4. The molecule has 0 radical (unpaired) electrons. The molecule has 0 aliphatic carbocycles. The lowest BCUT2D eigenvalue weighted by molar-refractivity contribution is 0.310. The van der Waals surface area contributed by atoms with Gasteiger partial charge in [-0.2, -0.15) is 0 Å². The van der Waals surface area contributed by atoms with Gasteiger partial charge in [0.05, 0.1) is 11.9 Å². The minimum absolute atomic E-state index is 0.799. The maximum absolute atomic E-state index is 4.70. The fourth-order valence-electron chi connectivity index (χ4n) is 2.68. The smallest absolute Gasteiger partial charge is 0.147 e. The van der Waals surface area contributed by atoms with Gasteiger partial charge < -0.3 is 10.2 Å². The molecule has 19 heavy (non-hydrogen) atoms. The van der Waals surface area contributed by atoms with E-state index in [0.717, 1.165) is 49.5 Å². The van der Waals surface area contributed by atoms with E-state index in [-0.39, 0.29) is 0 Å². The highest BCUT2D eigenvalue weighted by Crippen LogP contribution is 2.26. The molecule has 1 aromatic rings. The SMILES string of the molecule is CCNCc1cncc(N2CCC(C(C)C)CC2)n1. The summed E-state index contributed by atoms with van der Waals surface area (Å²) in [5, 5.41) is 3.30. The maximum Gasteiger partial charge on any atom is 0.147 e. The second-order valence-corrected chi connectivity index (χ2v) is 5.72. The van der Waals surface area contributed by atoms with Crippen LogP contribution in [0.3, 0.4) is 0 Å². The van der Waals surface area contributed by atoms with Crippen molar-refractivity contribution < 1.29 is 0 Å². The number of nitrogens with zero attached hydrogens (tertiary/aromatic N) is 3. The zero-order valence-corrected chi connectivity index (χ0v) is 12.4. The van der Waals surface area contributed by atoms with Crippen LogP contribution in [0.2, 0.25) is 0 Å². The van der Waals surface area contributed by atoms with Crippen LogP contribution in [-0.2, 0) is 6.54 Å². The van der Waals surface area contributed by atoms with E-state index >= 15 is 0 Å². The Bertz CT molecular complexity index is 383. The number of rotatable bonds is 5.